The molecule has 6 nitrogen and oxygen atoms in total. The molecule has 0 saturated carbocycles. The Morgan fingerprint density at radius 3 is 2.04 bits per heavy atom. The predicted octanol–water partition coefficient (Wildman–Crippen LogP) is 3.83. The largest absolute Gasteiger partial charge is 0.409 e. The minimum Gasteiger partial charge on any atom is -0.409 e. The molecule has 0 saturated heterocycles. The summed E-state index contributed by atoms with van der Waals surface area (Å²) in [4.78, 5) is 29.0. The van der Waals surface area contributed by atoms with Gasteiger partial charge in [-0.05, 0) is 30.6 Å². The topological polar surface area (TPSA) is 65.1 Å². The highest BCUT2D eigenvalue weighted by Crippen LogP contribution is 2.39. The molecule has 0 aliphatic rings. The zero-order chi connectivity index (χ0) is 21.6. The first-order valence-corrected chi connectivity index (χ1v) is 12.3. The van der Waals surface area contributed by atoms with Crippen molar-refractivity contribution in [1.29, 1.82) is 0 Å². The maximum absolute atomic E-state index is 12.7. The van der Waals surface area contributed by atoms with Crippen LogP contribution < -0.4 is 0 Å². The predicted molar refractivity (Wildman–Crippen MR) is 111 cm³/mol. The van der Waals surface area contributed by atoms with E-state index in [4.69, 9.17) is 14.0 Å². The van der Waals surface area contributed by atoms with Crippen LogP contribution in [0.4, 0.5) is 0 Å². The van der Waals surface area contributed by atoms with Crippen LogP contribution in [0.2, 0.25) is 18.1 Å². The second-order valence-corrected chi connectivity index (χ2v) is 13.5. The van der Waals surface area contributed by atoms with E-state index in [1.165, 1.54) is 19.3 Å². The molecule has 0 rings (SSSR count). The van der Waals surface area contributed by atoms with Gasteiger partial charge in [0.05, 0.1) is 19.1 Å². The van der Waals surface area contributed by atoms with Gasteiger partial charge in [0.15, 0.2) is 8.32 Å². The van der Waals surface area contributed by atoms with Crippen molar-refractivity contribution < 1.29 is 23.6 Å². The summed E-state index contributed by atoms with van der Waals surface area (Å²) in [6.45, 7) is 16.5. The fourth-order valence-corrected chi connectivity index (χ4v) is 3.97. The van der Waals surface area contributed by atoms with E-state index in [0.29, 0.717) is 0 Å². The third kappa shape index (κ3) is 7.14. The summed E-state index contributed by atoms with van der Waals surface area (Å²) < 4.78 is 11.8. The van der Waals surface area contributed by atoms with E-state index in [9.17, 15) is 9.59 Å². The summed E-state index contributed by atoms with van der Waals surface area (Å²) in [5, 5.41) is 1.23. The van der Waals surface area contributed by atoms with Crippen molar-refractivity contribution >= 4 is 20.5 Å². The van der Waals surface area contributed by atoms with Gasteiger partial charge in [0.25, 0.3) is 5.91 Å². The minimum atomic E-state index is -2.13. The van der Waals surface area contributed by atoms with E-state index < -0.39 is 26.4 Å². The van der Waals surface area contributed by atoms with E-state index in [-0.39, 0.29) is 16.9 Å². The molecule has 158 valence electrons. The van der Waals surface area contributed by atoms with Gasteiger partial charge in [0, 0.05) is 20.1 Å². The van der Waals surface area contributed by atoms with Crippen LogP contribution in [0.1, 0.15) is 41.5 Å². The van der Waals surface area contributed by atoms with Crippen molar-refractivity contribution in [3.8, 4) is 0 Å². The molecule has 1 amide bonds. The summed E-state index contributed by atoms with van der Waals surface area (Å²) in [5.41, 5.74) is 0.918. The van der Waals surface area contributed by atoms with Crippen LogP contribution in [0, 0.1) is 11.8 Å². The summed E-state index contributed by atoms with van der Waals surface area (Å²) >= 11 is 0. The number of methoxy groups -OCH3 is 1. The lowest BCUT2D eigenvalue weighted by molar-refractivity contribution is -0.175. The van der Waals surface area contributed by atoms with Crippen molar-refractivity contribution in [2.24, 2.45) is 11.8 Å². The van der Waals surface area contributed by atoms with E-state index in [2.05, 4.69) is 33.9 Å². The van der Waals surface area contributed by atoms with Crippen molar-refractivity contribution in [3.05, 3.63) is 11.6 Å². The lowest BCUT2D eigenvalue weighted by Crippen LogP contribution is -2.48. The van der Waals surface area contributed by atoms with Gasteiger partial charge in [0.1, 0.15) is 12.4 Å². The maximum Gasteiger partial charge on any atom is 0.251 e. The number of nitrogens with zero attached hydrogens (tertiary/aromatic N) is 1. The van der Waals surface area contributed by atoms with E-state index in [1.807, 2.05) is 26.8 Å². The van der Waals surface area contributed by atoms with Gasteiger partial charge >= 0.3 is 0 Å². The van der Waals surface area contributed by atoms with Crippen LogP contribution in [0.15, 0.2) is 11.6 Å². The first kappa shape index (κ1) is 26.0. The van der Waals surface area contributed by atoms with E-state index >= 15 is 0 Å². The molecule has 0 N–H and O–H groups in total. The molecule has 0 unspecified atom stereocenters. The fourth-order valence-electron chi connectivity index (χ4n) is 2.59. The van der Waals surface area contributed by atoms with Gasteiger partial charge in [-0.3, -0.25) is 9.63 Å². The average Bonchev–Trinajstić information content (AvgIpc) is 2.57. The number of hydrogen-bond donors (Lipinski definition) is 0. The summed E-state index contributed by atoms with van der Waals surface area (Å²) in [7, 11) is 2.44. The Labute approximate surface area is 166 Å². The highest BCUT2D eigenvalue weighted by Gasteiger charge is 2.42. The van der Waals surface area contributed by atoms with Gasteiger partial charge < -0.3 is 14.0 Å². The third-order valence-electron chi connectivity index (χ3n) is 5.55. The number of carbonyl (C=O) groups excluding carboxylic acids is 2. The molecular formula is C20H39NO5Si. The Kier molecular flexibility index (Phi) is 10.1. The maximum atomic E-state index is 12.7. The monoisotopic (exact) mass is 401 g/mol. The van der Waals surface area contributed by atoms with Crippen LogP contribution in [0.3, 0.4) is 0 Å². The first-order valence-electron chi connectivity index (χ1n) is 9.39. The summed E-state index contributed by atoms with van der Waals surface area (Å²) in [6, 6.07) is 0. The molecule has 27 heavy (non-hydrogen) atoms. The fraction of sp³-hybridized carbons (Fsp3) is 0.800. The number of hydroxylamine groups is 2. The van der Waals surface area contributed by atoms with E-state index in [0.717, 1.165) is 11.9 Å². The Morgan fingerprint density at radius 1 is 1.15 bits per heavy atom. The third-order valence-corrected chi connectivity index (χ3v) is 10.0. The van der Waals surface area contributed by atoms with Crippen LogP contribution in [-0.4, -0.2) is 59.0 Å². The standard InChI is InChI=1S/C20H39NO5Si/c1-14(17(13-22)24-8)12-15(2)18(16(3)19(23)21(7)25-9)26-27(10,11)20(4,5)6/h12-14,16-18H,1-11H3/b15-12+/t14-,16+,17-,18-/m0/s1. The average molecular weight is 402 g/mol. The Hall–Kier alpha value is -1.02. The van der Waals surface area contributed by atoms with Crippen LogP contribution in [-0.2, 0) is 23.6 Å². The van der Waals surface area contributed by atoms with Gasteiger partial charge in [-0.25, -0.2) is 5.06 Å². The molecule has 0 fully saturated rings. The molecule has 4 atom stereocenters. The van der Waals surface area contributed by atoms with Gasteiger partial charge in [-0.15, -0.1) is 0 Å². The molecule has 0 aliphatic carbocycles. The Bertz CT molecular complexity index is 527. The van der Waals surface area contributed by atoms with Crippen LogP contribution >= 0.6 is 0 Å². The van der Waals surface area contributed by atoms with Gasteiger partial charge in [-0.2, -0.15) is 0 Å². The Morgan fingerprint density at radius 2 is 1.67 bits per heavy atom. The lowest BCUT2D eigenvalue weighted by Gasteiger charge is -2.41. The highest BCUT2D eigenvalue weighted by molar-refractivity contribution is 6.74. The molecule has 0 spiro atoms. The molecular weight excluding hydrogens is 362 g/mol. The Balaban J connectivity index is 5.90. The molecule has 7 heteroatoms. The first-order chi connectivity index (χ1) is 12.2. The molecule has 0 aliphatic heterocycles. The molecule has 0 radical (unpaired) electrons. The quantitative estimate of drug-likeness (QED) is 0.241. The number of rotatable bonds is 10. The summed E-state index contributed by atoms with van der Waals surface area (Å²) in [6.07, 6.45) is 1.84. The molecule has 0 aromatic heterocycles. The number of carbonyl (C=O) groups is 2. The highest BCUT2D eigenvalue weighted by atomic mass is 28.4. The second-order valence-electron chi connectivity index (χ2n) is 8.71. The minimum absolute atomic E-state index is 0.00489. The van der Waals surface area contributed by atoms with Crippen molar-refractivity contribution in [2.45, 2.75) is 71.9 Å². The molecule has 0 bridgehead atoms. The number of amides is 1. The van der Waals surface area contributed by atoms with Crippen LogP contribution in [0.25, 0.3) is 0 Å². The molecule has 0 aromatic rings. The zero-order valence-electron chi connectivity index (χ0n) is 19.0. The van der Waals surface area contributed by atoms with Crippen molar-refractivity contribution in [3.63, 3.8) is 0 Å². The van der Waals surface area contributed by atoms with Crippen molar-refractivity contribution in [2.75, 3.05) is 21.3 Å². The van der Waals surface area contributed by atoms with Crippen molar-refractivity contribution in [1.82, 2.24) is 5.06 Å². The van der Waals surface area contributed by atoms with E-state index in [1.54, 1.807) is 7.05 Å². The number of aldehydes is 1. The van der Waals surface area contributed by atoms with Gasteiger partial charge in [0.2, 0.25) is 0 Å². The van der Waals surface area contributed by atoms with Gasteiger partial charge in [-0.1, -0.05) is 40.7 Å². The smallest absolute Gasteiger partial charge is 0.251 e. The normalized spacial score (nSPS) is 17.8. The second kappa shape index (κ2) is 10.5. The zero-order valence-corrected chi connectivity index (χ0v) is 20.0. The number of ether oxygens (including phenoxy) is 1. The SMILES string of the molecule is CO[C@@H](C=O)[C@@H](C)/C=C(\C)[C@H](O[Si](C)(C)C(C)(C)C)[C@@H](C)C(=O)N(C)OC. The molecule has 0 heterocycles. The number of hydrogen-bond acceptors (Lipinski definition) is 5. The summed E-state index contributed by atoms with van der Waals surface area (Å²) in [5.74, 6) is -0.703. The van der Waals surface area contributed by atoms with Crippen LogP contribution in [0.5, 0.6) is 0 Å². The lowest BCUT2D eigenvalue weighted by atomic mass is 9.93. The molecule has 0 aromatic carbocycles.